The number of hydrogen-bond donors (Lipinski definition) is 2. The van der Waals surface area contributed by atoms with Crippen LogP contribution in [-0.4, -0.2) is 33.2 Å². The third-order valence-electron chi connectivity index (χ3n) is 5.32. The van der Waals surface area contributed by atoms with Crippen LogP contribution in [-0.2, 0) is 22.5 Å². The average Bonchev–Trinajstić information content (AvgIpc) is 3.09. The lowest BCUT2D eigenvalue weighted by Crippen LogP contribution is -2.39. The molecule has 0 spiro atoms. The van der Waals surface area contributed by atoms with E-state index in [1.807, 2.05) is 56.4 Å². The molecule has 3 aromatic rings. The second-order valence-electron chi connectivity index (χ2n) is 6.92. The van der Waals surface area contributed by atoms with Crippen LogP contribution in [0.2, 0.25) is 0 Å². The summed E-state index contributed by atoms with van der Waals surface area (Å²) in [4.78, 5) is 9.78. The first kappa shape index (κ1) is 17.4. The van der Waals surface area contributed by atoms with Crippen molar-refractivity contribution in [3.05, 3.63) is 53.6 Å². The van der Waals surface area contributed by atoms with E-state index in [0.29, 0.717) is 23.8 Å². The molecular formula is C20H23N3O2S. The molecule has 4 rings (SSSR count). The SMILES string of the molecule is CCC1(O)CCN(C)c2c(C[S+]([O-])c3nc4ccccc4[nH]3)cccc21. The van der Waals surface area contributed by atoms with E-state index >= 15 is 0 Å². The highest BCUT2D eigenvalue weighted by Crippen LogP contribution is 2.42. The molecule has 0 saturated heterocycles. The fraction of sp³-hybridized carbons (Fsp3) is 0.350. The quantitative estimate of drug-likeness (QED) is 0.692. The zero-order valence-corrected chi connectivity index (χ0v) is 15.8. The summed E-state index contributed by atoms with van der Waals surface area (Å²) < 4.78 is 12.9. The normalized spacial score (nSPS) is 21.0. The third kappa shape index (κ3) is 2.88. The number of benzene rings is 2. The highest BCUT2D eigenvalue weighted by Gasteiger charge is 2.36. The van der Waals surface area contributed by atoms with E-state index in [2.05, 4.69) is 14.9 Å². The smallest absolute Gasteiger partial charge is 0.321 e. The zero-order chi connectivity index (χ0) is 18.3. The van der Waals surface area contributed by atoms with Crippen LogP contribution in [0.1, 0.15) is 30.9 Å². The van der Waals surface area contributed by atoms with Crippen molar-refractivity contribution in [2.45, 2.75) is 36.3 Å². The average molecular weight is 369 g/mol. The summed E-state index contributed by atoms with van der Waals surface area (Å²) in [6, 6.07) is 13.6. The lowest BCUT2D eigenvalue weighted by Gasteiger charge is -2.40. The van der Waals surface area contributed by atoms with Crippen molar-refractivity contribution in [2.24, 2.45) is 0 Å². The summed E-state index contributed by atoms with van der Waals surface area (Å²) in [5.74, 6) is 0.368. The van der Waals surface area contributed by atoms with Gasteiger partial charge in [0.2, 0.25) is 0 Å². The van der Waals surface area contributed by atoms with Crippen molar-refractivity contribution in [2.75, 3.05) is 18.5 Å². The van der Waals surface area contributed by atoms with E-state index in [1.54, 1.807) is 0 Å². The maximum atomic E-state index is 12.9. The van der Waals surface area contributed by atoms with Crippen LogP contribution in [0.4, 0.5) is 5.69 Å². The van der Waals surface area contributed by atoms with Crippen molar-refractivity contribution >= 4 is 27.9 Å². The van der Waals surface area contributed by atoms with Gasteiger partial charge < -0.3 is 14.6 Å². The second-order valence-corrected chi connectivity index (χ2v) is 8.29. The summed E-state index contributed by atoms with van der Waals surface area (Å²) in [6.45, 7) is 2.79. The van der Waals surface area contributed by atoms with Crippen molar-refractivity contribution in [1.82, 2.24) is 9.97 Å². The van der Waals surface area contributed by atoms with E-state index in [4.69, 9.17) is 0 Å². The van der Waals surface area contributed by atoms with Crippen LogP contribution in [0.25, 0.3) is 11.0 Å². The number of fused-ring (bicyclic) bond motifs is 2. The van der Waals surface area contributed by atoms with E-state index in [9.17, 15) is 9.66 Å². The van der Waals surface area contributed by atoms with Crippen molar-refractivity contribution in [3.63, 3.8) is 0 Å². The molecule has 0 radical (unpaired) electrons. The van der Waals surface area contributed by atoms with Crippen LogP contribution in [0, 0.1) is 0 Å². The molecule has 0 bridgehead atoms. The Kier molecular flexibility index (Phi) is 4.42. The van der Waals surface area contributed by atoms with Gasteiger partial charge in [0.25, 0.3) is 0 Å². The molecule has 1 aromatic heterocycles. The first-order valence-corrected chi connectivity index (χ1v) is 10.2. The van der Waals surface area contributed by atoms with Crippen molar-refractivity contribution in [1.29, 1.82) is 0 Å². The van der Waals surface area contributed by atoms with Gasteiger partial charge in [-0.05, 0) is 25.0 Å². The number of hydrogen-bond acceptors (Lipinski definition) is 4. The Morgan fingerprint density at radius 3 is 2.85 bits per heavy atom. The molecule has 136 valence electrons. The highest BCUT2D eigenvalue weighted by molar-refractivity contribution is 7.90. The Labute approximate surface area is 156 Å². The van der Waals surface area contributed by atoms with Crippen LogP contribution < -0.4 is 4.90 Å². The Morgan fingerprint density at radius 2 is 2.08 bits per heavy atom. The van der Waals surface area contributed by atoms with Gasteiger partial charge in [0.1, 0.15) is 5.75 Å². The van der Waals surface area contributed by atoms with Gasteiger partial charge in [-0.25, -0.2) is 0 Å². The molecule has 2 atom stereocenters. The molecule has 2 unspecified atom stereocenters. The number of H-pyrrole nitrogens is 1. The monoisotopic (exact) mass is 369 g/mol. The molecule has 6 heteroatoms. The van der Waals surface area contributed by atoms with Gasteiger partial charge >= 0.3 is 5.16 Å². The van der Waals surface area contributed by atoms with Gasteiger partial charge in [0, 0.05) is 35.9 Å². The van der Waals surface area contributed by atoms with Gasteiger partial charge in [-0.1, -0.05) is 37.3 Å². The van der Waals surface area contributed by atoms with E-state index in [-0.39, 0.29) is 0 Å². The molecule has 26 heavy (non-hydrogen) atoms. The summed E-state index contributed by atoms with van der Waals surface area (Å²) in [6.07, 6.45) is 1.38. The standard InChI is InChI=1S/C20H23N3O2S/c1-3-20(24)11-12-23(2)18-14(7-6-8-15(18)20)13-26(25)19-21-16-9-4-5-10-17(16)22-19/h4-10,24H,3,11-13H2,1-2H3,(H,21,22). The van der Waals surface area contributed by atoms with E-state index < -0.39 is 16.8 Å². The van der Waals surface area contributed by atoms with E-state index in [1.165, 1.54) is 0 Å². The Hall–Kier alpha value is -2.02. The zero-order valence-electron chi connectivity index (χ0n) is 15.0. The van der Waals surface area contributed by atoms with E-state index in [0.717, 1.165) is 34.4 Å². The molecule has 1 aliphatic rings. The highest BCUT2D eigenvalue weighted by atomic mass is 32.2. The van der Waals surface area contributed by atoms with Crippen LogP contribution >= 0.6 is 0 Å². The molecule has 2 N–H and O–H groups in total. The number of imidazole rings is 1. The molecule has 5 nitrogen and oxygen atoms in total. The Bertz CT molecular complexity index is 909. The maximum Gasteiger partial charge on any atom is 0.321 e. The summed E-state index contributed by atoms with van der Waals surface area (Å²) in [5.41, 5.74) is 3.83. The van der Waals surface area contributed by atoms with Gasteiger partial charge in [-0.3, -0.25) is 4.98 Å². The van der Waals surface area contributed by atoms with Crippen molar-refractivity contribution in [3.8, 4) is 0 Å². The molecule has 0 fully saturated rings. The molecule has 2 heterocycles. The van der Waals surface area contributed by atoms with Crippen LogP contribution in [0.15, 0.2) is 47.6 Å². The minimum absolute atomic E-state index is 0.368. The fourth-order valence-electron chi connectivity index (χ4n) is 3.75. The molecule has 0 amide bonds. The molecular weight excluding hydrogens is 346 g/mol. The summed E-state index contributed by atoms with van der Waals surface area (Å²) >= 11 is -1.28. The lowest BCUT2D eigenvalue weighted by molar-refractivity contribution is 0.0217. The first-order valence-electron chi connectivity index (χ1n) is 8.91. The number of rotatable bonds is 4. The summed E-state index contributed by atoms with van der Waals surface area (Å²) in [5, 5.41) is 11.5. The lowest BCUT2D eigenvalue weighted by atomic mass is 9.82. The van der Waals surface area contributed by atoms with Crippen LogP contribution in [0.3, 0.4) is 0 Å². The number of para-hydroxylation sites is 3. The number of aliphatic hydroxyl groups is 1. The first-order chi connectivity index (χ1) is 12.5. The minimum atomic E-state index is -1.28. The number of aromatic nitrogens is 2. The van der Waals surface area contributed by atoms with Gasteiger partial charge in [0.05, 0.1) is 22.3 Å². The Morgan fingerprint density at radius 1 is 1.27 bits per heavy atom. The minimum Gasteiger partial charge on any atom is -0.609 e. The largest absolute Gasteiger partial charge is 0.609 e. The molecule has 0 saturated carbocycles. The predicted molar refractivity (Wildman–Crippen MR) is 105 cm³/mol. The fourth-order valence-corrected chi connectivity index (χ4v) is 4.82. The number of nitrogens with one attached hydrogen (secondary N) is 1. The maximum absolute atomic E-state index is 12.9. The van der Waals surface area contributed by atoms with Crippen molar-refractivity contribution < 1.29 is 9.66 Å². The predicted octanol–water partition coefficient (Wildman–Crippen LogP) is 3.31. The number of aromatic amines is 1. The Balaban J connectivity index is 1.69. The summed E-state index contributed by atoms with van der Waals surface area (Å²) in [7, 11) is 2.03. The van der Waals surface area contributed by atoms with Gasteiger partial charge in [-0.15, -0.1) is 0 Å². The van der Waals surface area contributed by atoms with Crippen LogP contribution in [0.5, 0.6) is 0 Å². The topological polar surface area (TPSA) is 75.2 Å². The van der Waals surface area contributed by atoms with Gasteiger partial charge in [-0.2, -0.15) is 4.98 Å². The third-order valence-corrected chi connectivity index (χ3v) is 6.52. The number of anilines is 1. The second kappa shape index (κ2) is 6.61. The van der Waals surface area contributed by atoms with Gasteiger partial charge in [0.15, 0.2) is 0 Å². The molecule has 1 aliphatic heterocycles. The number of nitrogens with zero attached hydrogens (tertiary/aromatic N) is 2. The molecule has 0 aliphatic carbocycles. The molecule has 2 aromatic carbocycles.